The molecule has 0 saturated carbocycles. The number of rotatable bonds is 1. The van der Waals surface area contributed by atoms with E-state index in [-0.39, 0.29) is 11.9 Å². The van der Waals surface area contributed by atoms with Crippen LogP contribution in [0.4, 0.5) is 0 Å². The van der Waals surface area contributed by atoms with Crippen LogP contribution in [0.25, 0.3) is 0 Å². The molecule has 1 aromatic rings. The largest absolute Gasteiger partial charge is 0.465 e. The molecular formula is C13H14O2. The Hall–Kier alpha value is -1.31. The smallest absolute Gasteiger partial charge is 0.310 e. The van der Waals surface area contributed by atoms with Gasteiger partial charge in [-0.25, -0.2) is 0 Å². The Balaban J connectivity index is 2.13. The summed E-state index contributed by atoms with van der Waals surface area (Å²) in [5, 5.41) is 0. The molecule has 1 saturated heterocycles. The van der Waals surface area contributed by atoms with Crippen molar-refractivity contribution in [3.63, 3.8) is 0 Å². The van der Waals surface area contributed by atoms with E-state index >= 15 is 0 Å². The Kier molecular flexibility index (Phi) is 1.84. The van der Waals surface area contributed by atoms with Gasteiger partial charge in [-0.3, -0.25) is 4.79 Å². The summed E-state index contributed by atoms with van der Waals surface area (Å²) in [6, 6.07) is 8.42. The fourth-order valence-electron chi connectivity index (χ4n) is 3.12. The van der Waals surface area contributed by atoms with Crippen molar-refractivity contribution in [1.82, 2.24) is 0 Å². The van der Waals surface area contributed by atoms with E-state index in [4.69, 9.17) is 4.74 Å². The highest BCUT2D eigenvalue weighted by Gasteiger charge is 2.49. The zero-order valence-corrected chi connectivity index (χ0v) is 8.77. The quantitative estimate of drug-likeness (QED) is 0.654. The van der Waals surface area contributed by atoms with Gasteiger partial charge in [0.2, 0.25) is 0 Å². The van der Waals surface area contributed by atoms with Crippen molar-refractivity contribution in [3.8, 4) is 0 Å². The Bertz CT molecular complexity index is 396. The van der Waals surface area contributed by atoms with Crippen LogP contribution in [0.2, 0.25) is 0 Å². The molecule has 0 aromatic heterocycles. The lowest BCUT2D eigenvalue weighted by Gasteiger charge is -2.13. The summed E-state index contributed by atoms with van der Waals surface area (Å²) in [7, 11) is 0. The van der Waals surface area contributed by atoms with Gasteiger partial charge in [0.25, 0.3) is 0 Å². The SMILES string of the molecule is CC[C@H]1c2ccccc2[C@@H]2COC(=O)[C@H]12. The minimum Gasteiger partial charge on any atom is -0.465 e. The molecule has 78 valence electrons. The van der Waals surface area contributed by atoms with E-state index in [1.165, 1.54) is 11.1 Å². The second kappa shape index (κ2) is 3.09. The van der Waals surface area contributed by atoms with Gasteiger partial charge >= 0.3 is 5.97 Å². The predicted molar refractivity (Wildman–Crippen MR) is 56.7 cm³/mol. The molecule has 2 heteroatoms. The minimum atomic E-state index is 0.00282. The van der Waals surface area contributed by atoms with Crippen molar-refractivity contribution in [1.29, 1.82) is 0 Å². The summed E-state index contributed by atoms with van der Waals surface area (Å²) in [5.74, 6) is 0.787. The lowest BCUT2D eigenvalue weighted by molar-refractivity contribution is -0.141. The molecule has 3 rings (SSSR count). The van der Waals surface area contributed by atoms with E-state index in [1.807, 2.05) is 0 Å². The third kappa shape index (κ3) is 1.08. The van der Waals surface area contributed by atoms with Gasteiger partial charge in [-0.05, 0) is 23.5 Å². The molecule has 3 atom stereocenters. The number of hydrogen-bond acceptors (Lipinski definition) is 2. The number of benzene rings is 1. The Labute approximate surface area is 89.2 Å². The third-order valence-corrected chi connectivity index (χ3v) is 3.78. The monoisotopic (exact) mass is 202 g/mol. The molecule has 1 aliphatic carbocycles. The van der Waals surface area contributed by atoms with Gasteiger partial charge in [0.05, 0.1) is 12.5 Å². The van der Waals surface area contributed by atoms with E-state index in [9.17, 15) is 4.79 Å². The standard InChI is InChI=1S/C13H14O2/c1-2-8-9-5-3-4-6-10(9)11-7-15-13(14)12(8)11/h3-6,8,11-12H,2,7H2,1H3/t8-,11-,12+/m0/s1. The highest BCUT2D eigenvalue weighted by molar-refractivity contribution is 5.79. The average Bonchev–Trinajstić information content (AvgIpc) is 2.78. The molecule has 1 fully saturated rings. The first-order chi connectivity index (χ1) is 7.33. The Morgan fingerprint density at radius 1 is 1.33 bits per heavy atom. The number of ether oxygens (including phenoxy) is 1. The van der Waals surface area contributed by atoms with Crippen LogP contribution in [0, 0.1) is 5.92 Å². The van der Waals surface area contributed by atoms with Gasteiger partial charge in [-0.15, -0.1) is 0 Å². The van der Waals surface area contributed by atoms with Gasteiger partial charge in [-0.1, -0.05) is 31.2 Å². The lowest BCUT2D eigenvalue weighted by Crippen LogP contribution is -2.15. The molecule has 2 nitrogen and oxygen atoms in total. The molecule has 2 aliphatic rings. The Morgan fingerprint density at radius 3 is 2.80 bits per heavy atom. The minimum absolute atomic E-state index is 0.00282. The summed E-state index contributed by atoms with van der Waals surface area (Å²) in [4.78, 5) is 11.7. The molecule has 1 aliphatic heterocycles. The van der Waals surface area contributed by atoms with Gasteiger partial charge in [0.1, 0.15) is 0 Å². The number of cyclic esters (lactones) is 1. The van der Waals surface area contributed by atoms with Crippen LogP contribution in [0.1, 0.15) is 36.3 Å². The van der Waals surface area contributed by atoms with Crippen molar-refractivity contribution in [3.05, 3.63) is 35.4 Å². The van der Waals surface area contributed by atoms with Crippen LogP contribution in [-0.4, -0.2) is 12.6 Å². The number of esters is 1. The van der Waals surface area contributed by atoms with Crippen LogP contribution in [0.15, 0.2) is 24.3 Å². The van der Waals surface area contributed by atoms with Gasteiger partial charge in [0.15, 0.2) is 0 Å². The van der Waals surface area contributed by atoms with Crippen LogP contribution in [0.3, 0.4) is 0 Å². The van der Waals surface area contributed by atoms with E-state index < -0.39 is 0 Å². The molecule has 0 spiro atoms. The molecule has 15 heavy (non-hydrogen) atoms. The fraction of sp³-hybridized carbons (Fsp3) is 0.462. The fourth-order valence-corrected chi connectivity index (χ4v) is 3.12. The maximum absolute atomic E-state index is 11.7. The second-order valence-electron chi connectivity index (χ2n) is 4.41. The van der Waals surface area contributed by atoms with Gasteiger partial charge in [-0.2, -0.15) is 0 Å². The Morgan fingerprint density at radius 2 is 2.07 bits per heavy atom. The third-order valence-electron chi connectivity index (χ3n) is 3.78. The van der Waals surface area contributed by atoms with E-state index in [0.717, 1.165) is 6.42 Å². The molecule has 0 bridgehead atoms. The number of hydrogen-bond donors (Lipinski definition) is 0. The van der Waals surface area contributed by atoms with Crippen LogP contribution in [0.5, 0.6) is 0 Å². The van der Waals surface area contributed by atoms with Crippen LogP contribution >= 0.6 is 0 Å². The summed E-state index contributed by atoms with van der Waals surface area (Å²) in [6.07, 6.45) is 1.02. The predicted octanol–water partition coefficient (Wildman–Crippen LogP) is 2.45. The van der Waals surface area contributed by atoms with Crippen molar-refractivity contribution in [2.24, 2.45) is 5.92 Å². The summed E-state index contributed by atoms with van der Waals surface area (Å²) in [6.45, 7) is 2.73. The average molecular weight is 202 g/mol. The van der Waals surface area contributed by atoms with Crippen molar-refractivity contribution >= 4 is 5.97 Å². The topological polar surface area (TPSA) is 26.3 Å². The number of fused-ring (bicyclic) bond motifs is 3. The second-order valence-corrected chi connectivity index (χ2v) is 4.41. The lowest BCUT2D eigenvalue weighted by atomic mass is 9.87. The first-order valence-corrected chi connectivity index (χ1v) is 5.58. The summed E-state index contributed by atoms with van der Waals surface area (Å²) >= 11 is 0. The highest BCUT2D eigenvalue weighted by Crippen LogP contribution is 2.51. The first kappa shape index (κ1) is 8.96. The van der Waals surface area contributed by atoms with E-state index in [1.54, 1.807) is 0 Å². The van der Waals surface area contributed by atoms with Gasteiger partial charge in [0, 0.05) is 5.92 Å². The zero-order valence-electron chi connectivity index (χ0n) is 8.77. The van der Waals surface area contributed by atoms with Crippen molar-refractivity contribution < 1.29 is 9.53 Å². The van der Waals surface area contributed by atoms with Crippen LogP contribution < -0.4 is 0 Å². The van der Waals surface area contributed by atoms with E-state index in [2.05, 4.69) is 31.2 Å². The molecule has 1 aromatic carbocycles. The van der Waals surface area contributed by atoms with Crippen molar-refractivity contribution in [2.45, 2.75) is 25.2 Å². The van der Waals surface area contributed by atoms with Crippen LogP contribution in [-0.2, 0) is 9.53 Å². The first-order valence-electron chi connectivity index (χ1n) is 5.58. The van der Waals surface area contributed by atoms with Crippen molar-refractivity contribution in [2.75, 3.05) is 6.61 Å². The van der Waals surface area contributed by atoms with Gasteiger partial charge < -0.3 is 4.74 Å². The highest BCUT2D eigenvalue weighted by atomic mass is 16.5. The number of carbonyl (C=O) groups is 1. The normalized spacial score (nSPS) is 32.3. The summed E-state index contributed by atoms with van der Waals surface area (Å²) in [5.41, 5.74) is 2.70. The zero-order chi connectivity index (χ0) is 10.4. The maximum Gasteiger partial charge on any atom is 0.310 e. The molecule has 0 radical (unpaired) electrons. The van der Waals surface area contributed by atoms with E-state index in [0.29, 0.717) is 18.4 Å². The molecular weight excluding hydrogens is 188 g/mol. The molecule has 0 N–H and O–H groups in total. The number of carbonyl (C=O) groups excluding carboxylic acids is 1. The molecule has 0 amide bonds. The molecule has 1 heterocycles. The molecule has 0 unspecified atom stereocenters. The summed E-state index contributed by atoms with van der Waals surface area (Å²) < 4.78 is 5.17. The maximum atomic E-state index is 11.7.